The maximum absolute atomic E-state index is 10.8. The lowest BCUT2D eigenvalue weighted by Gasteiger charge is -2.14. The molecule has 21 heavy (non-hydrogen) atoms. The van der Waals surface area contributed by atoms with Crippen LogP contribution in [-0.4, -0.2) is 39.5 Å². The quantitative estimate of drug-likeness (QED) is 0.592. The zero-order chi connectivity index (χ0) is 14.4. The third kappa shape index (κ3) is 6.41. The Balaban J connectivity index is 0.00000220. The predicted octanol–water partition coefficient (Wildman–Crippen LogP) is 0.299. The molecule has 0 spiro atoms. The highest BCUT2D eigenvalue weighted by molar-refractivity contribution is 8.14. The molecule has 1 heterocycles. The summed E-state index contributed by atoms with van der Waals surface area (Å²) in [5.74, 6) is -0.639. The lowest BCUT2D eigenvalue weighted by Crippen LogP contribution is -3.00. The molecule has 0 amide bonds. The molecule has 0 bridgehead atoms. The molecule has 0 saturated carbocycles. The minimum absolute atomic E-state index is 0. The summed E-state index contributed by atoms with van der Waals surface area (Å²) in [6.45, 7) is 2.07. The molecule has 1 aromatic carbocycles. The second-order valence-corrected chi connectivity index (χ2v) is 6.41. The van der Waals surface area contributed by atoms with Gasteiger partial charge in [0.25, 0.3) is 0 Å². The lowest BCUT2D eigenvalue weighted by atomic mass is 10.1. The third-order valence-electron chi connectivity index (χ3n) is 3.34. The zero-order valence-electron chi connectivity index (χ0n) is 11.7. The second kappa shape index (κ2) is 9.49. The average Bonchev–Trinajstić information content (AvgIpc) is 2.46. The molecule has 6 heteroatoms. The Labute approximate surface area is 145 Å². The topological polar surface area (TPSA) is 40.3 Å². The molecule has 1 aliphatic heterocycles. The monoisotopic (exact) mass is 391 g/mol. The predicted molar refractivity (Wildman–Crippen MR) is 84.1 cm³/mol. The van der Waals surface area contributed by atoms with Crippen molar-refractivity contribution < 1.29 is 31.5 Å². The van der Waals surface area contributed by atoms with Gasteiger partial charge in [-0.3, -0.25) is 4.79 Å². The molecule has 0 aliphatic carbocycles. The van der Waals surface area contributed by atoms with Gasteiger partial charge in [0.2, 0.25) is 5.04 Å². The van der Waals surface area contributed by atoms with Crippen LogP contribution in [0, 0.1) is 0 Å². The second-order valence-electron chi connectivity index (χ2n) is 4.93. The minimum Gasteiger partial charge on any atom is -1.00 e. The first-order valence-electron chi connectivity index (χ1n) is 6.85. The van der Waals surface area contributed by atoms with E-state index in [9.17, 15) is 4.79 Å². The van der Waals surface area contributed by atoms with Crippen LogP contribution in [0.2, 0.25) is 5.02 Å². The Hall–Kier alpha value is -0.520. The van der Waals surface area contributed by atoms with E-state index in [-0.39, 0.29) is 22.7 Å². The van der Waals surface area contributed by atoms with Gasteiger partial charge >= 0.3 is 5.97 Å². The first kappa shape index (κ1) is 18.5. The Bertz CT molecular complexity index is 497. The first-order chi connectivity index (χ1) is 9.65. The van der Waals surface area contributed by atoms with E-state index < -0.39 is 5.97 Å². The van der Waals surface area contributed by atoms with E-state index in [0.717, 1.165) is 29.6 Å². The molecule has 0 aromatic heterocycles. The van der Waals surface area contributed by atoms with E-state index in [1.54, 1.807) is 0 Å². The van der Waals surface area contributed by atoms with E-state index in [1.807, 2.05) is 24.3 Å². The summed E-state index contributed by atoms with van der Waals surface area (Å²) >= 11 is 7.34. The number of carboxylic acid groups (broad SMARTS) is 1. The van der Waals surface area contributed by atoms with Crippen molar-refractivity contribution in [1.82, 2.24) is 0 Å². The van der Waals surface area contributed by atoms with Gasteiger partial charge in [-0.2, -0.15) is 0 Å². The van der Waals surface area contributed by atoms with Crippen LogP contribution in [-0.2, 0) is 11.2 Å². The smallest absolute Gasteiger partial charge is 0.314 e. The van der Waals surface area contributed by atoms with Gasteiger partial charge in [-0.15, -0.1) is 0 Å². The van der Waals surface area contributed by atoms with Crippen molar-refractivity contribution in [2.24, 2.45) is 0 Å². The number of carbonyl (C=O) groups is 1. The summed E-state index contributed by atoms with van der Waals surface area (Å²) < 4.78 is 2.34. The molecular formula is C15H19BrClNO2S. The standard InChI is InChI=1S/C15H18ClNO2S.BrH/c16-13-6-4-12(5-7-13)10-14(20-11-15(18)19)17-8-2-1-3-9-17;/h4-7H,1-3,8-11H2;1H. The number of carboxylic acids is 1. The molecule has 0 radical (unpaired) electrons. The van der Waals surface area contributed by atoms with E-state index in [2.05, 4.69) is 4.58 Å². The highest BCUT2D eigenvalue weighted by Gasteiger charge is 2.20. The van der Waals surface area contributed by atoms with E-state index in [1.165, 1.54) is 36.6 Å². The van der Waals surface area contributed by atoms with Crippen LogP contribution in [0.4, 0.5) is 0 Å². The van der Waals surface area contributed by atoms with Crippen molar-refractivity contribution in [2.45, 2.75) is 25.7 Å². The van der Waals surface area contributed by atoms with E-state index in [0.29, 0.717) is 0 Å². The fourth-order valence-electron chi connectivity index (χ4n) is 2.32. The first-order valence-corrected chi connectivity index (χ1v) is 8.21. The molecule has 1 N–H and O–H groups in total. The number of rotatable bonds is 4. The Kier molecular flexibility index (Phi) is 8.37. The Morgan fingerprint density at radius 1 is 1.19 bits per heavy atom. The molecule has 3 nitrogen and oxygen atoms in total. The van der Waals surface area contributed by atoms with Crippen molar-refractivity contribution in [3.8, 4) is 0 Å². The third-order valence-corrected chi connectivity index (χ3v) is 4.72. The van der Waals surface area contributed by atoms with Crippen LogP contribution in [0.1, 0.15) is 24.8 Å². The fourth-order valence-corrected chi connectivity index (χ4v) is 3.37. The summed E-state index contributed by atoms with van der Waals surface area (Å²) in [4.78, 5) is 10.8. The number of aliphatic carboxylic acids is 1. The molecule has 1 fully saturated rings. The normalized spacial score (nSPS) is 14.4. The molecule has 1 saturated heterocycles. The number of piperidine rings is 1. The average molecular weight is 393 g/mol. The molecule has 1 aromatic rings. The summed E-state index contributed by atoms with van der Waals surface area (Å²) in [6.07, 6.45) is 4.44. The number of halogens is 2. The van der Waals surface area contributed by atoms with Gasteiger partial charge in [0, 0.05) is 17.9 Å². The Morgan fingerprint density at radius 3 is 2.38 bits per heavy atom. The zero-order valence-corrected chi connectivity index (χ0v) is 14.9. The van der Waals surface area contributed by atoms with Gasteiger partial charge < -0.3 is 22.1 Å². The number of nitrogens with zero attached hydrogens (tertiary/aromatic N) is 1. The summed E-state index contributed by atoms with van der Waals surface area (Å²) in [5, 5.41) is 10.8. The van der Waals surface area contributed by atoms with Gasteiger partial charge in [-0.1, -0.05) is 35.5 Å². The van der Waals surface area contributed by atoms with Crippen molar-refractivity contribution in [1.29, 1.82) is 0 Å². The number of hydrogen-bond acceptors (Lipinski definition) is 2. The van der Waals surface area contributed by atoms with E-state index >= 15 is 0 Å². The Morgan fingerprint density at radius 2 is 1.81 bits per heavy atom. The molecule has 116 valence electrons. The van der Waals surface area contributed by atoms with Crippen molar-refractivity contribution >= 4 is 34.4 Å². The molecular weight excluding hydrogens is 374 g/mol. The minimum atomic E-state index is -0.763. The van der Waals surface area contributed by atoms with Gasteiger partial charge in [0.15, 0.2) is 0 Å². The van der Waals surface area contributed by atoms with Crippen LogP contribution in [0.5, 0.6) is 0 Å². The van der Waals surface area contributed by atoms with Gasteiger partial charge in [-0.05, 0) is 24.1 Å². The van der Waals surface area contributed by atoms with Gasteiger partial charge in [0.1, 0.15) is 18.8 Å². The largest absolute Gasteiger partial charge is 1.00 e. The highest BCUT2D eigenvalue weighted by Crippen LogP contribution is 2.16. The van der Waals surface area contributed by atoms with Crippen molar-refractivity contribution in [3.05, 3.63) is 34.9 Å². The van der Waals surface area contributed by atoms with E-state index in [4.69, 9.17) is 16.7 Å². The summed E-state index contributed by atoms with van der Waals surface area (Å²) in [7, 11) is 0. The summed E-state index contributed by atoms with van der Waals surface area (Å²) in [6, 6.07) is 7.78. The van der Waals surface area contributed by atoms with Crippen LogP contribution in [0.15, 0.2) is 24.3 Å². The summed E-state index contributed by atoms with van der Waals surface area (Å²) in [5.41, 5.74) is 1.17. The van der Waals surface area contributed by atoms with Crippen molar-refractivity contribution in [2.75, 3.05) is 18.8 Å². The fraction of sp³-hybridized carbons (Fsp3) is 0.467. The number of benzene rings is 1. The van der Waals surface area contributed by atoms with Crippen LogP contribution in [0.3, 0.4) is 0 Å². The van der Waals surface area contributed by atoms with Crippen LogP contribution in [0.25, 0.3) is 0 Å². The lowest BCUT2D eigenvalue weighted by molar-refractivity contribution is -0.535. The number of hydrogen-bond donors (Lipinski definition) is 1. The maximum atomic E-state index is 10.8. The SMILES string of the molecule is O=C(O)CSC(Cc1ccc(Cl)cc1)=[N+]1CCCCC1.[Br-]. The molecule has 0 atom stereocenters. The van der Waals surface area contributed by atoms with Crippen LogP contribution < -0.4 is 17.0 Å². The van der Waals surface area contributed by atoms with Crippen LogP contribution >= 0.6 is 23.4 Å². The molecule has 1 aliphatic rings. The number of thioether (sulfide) groups is 1. The van der Waals surface area contributed by atoms with Gasteiger partial charge in [-0.25, -0.2) is 4.58 Å². The highest BCUT2D eigenvalue weighted by atomic mass is 79.9. The molecule has 0 unspecified atom stereocenters. The van der Waals surface area contributed by atoms with Gasteiger partial charge in [0.05, 0.1) is 6.42 Å². The molecule has 2 rings (SSSR count). The maximum Gasteiger partial charge on any atom is 0.314 e. The van der Waals surface area contributed by atoms with Crippen molar-refractivity contribution in [3.63, 3.8) is 0 Å².